The maximum atomic E-state index is 11.7. The minimum absolute atomic E-state index is 0.136. The molecule has 6 nitrogen and oxygen atoms in total. The van der Waals surface area contributed by atoms with Crippen LogP contribution in [0.15, 0.2) is 29.8 Å². The number of rotatable bonds is 3. The van der Waals surface area contributed by atoms with E-state index in [4.69, 9.17) is 4.74 Å². The van der Waals surface area contributed by atoms with Crippen molar-refractivity contribution >= 4 is 17.6 Å². The molecule has 0 saturated carbocycles. The van der Waals surface area contributed by atoms with Crippen LogP contribution in [0.3, 0.4) is 0 Å². The molecule has 22 heavy (non-hydrogen) atoms. The molecule has 2 N–H and O–H groups in total. The largest absolute Gasteiger partial charge is 0.497 e. The zero-order chi connectivity index (χ0) is 15.9. The van der Waals surface area contributed by atoms with E-state index in [1.165, 1.54) is 4.90 Å². The fourth-order valence-electron chi connectivity index (χ4n) is 3.54. The first-order valence-electron chi connectivity index (χ1n) is 7.15. The molecule has 0 spiro atoms. The van der Waals surface area contributed by atoms with Crippen molar-refractivity contribution in [1.29, 1.82) is 0 Å². The Balaban J connectivity index is 2.07. The highest BCUT2D eigenvalue weighted by atomic mass is 16.5. The summed E-state index contributed by atoms with van der Waals surface area (Å²) in [6, 6.07) is 6.54. The molecule has 2 aliphatic rings. The molecule has 0 aliphatic carbocycles. The first kappa shape index (κ1) is 14.4. The molecule has 1 aromatic rings. The summed E-state index contributed by atoms with van der Waals surface area (Å²) >= 11 is 0. The van der Waals surface area contributed by atoms with Gasteiger partial charge in [-0.3, -0.25) is 4.90 Å². The molecule has 3 rings (SSSR count). The molecule has 2 bridgehead atoms. The standard InChI is InChI=1S/C16H17NO5/c1-22-11-5-2-9(3-6-11)12-8-10-4-7-13(14(12)15(18)19)17(10)16(20)21/h2-3,5-6,10,13H,4,7-8H2,1H3,(H,18,19)(H,20,21). The summed E-state index contributed by atoms with van der Waals surface area (Å²) in [7, 11) is 1.57. The minimum atomic E-state index is -1.04. The fraction of sp³-hybridized carbons (Fsp3) is 0.375. The summed E-state index contributed by atoms with van der Waals surface area (Å²) < 4.78 is 5.12. The third kappa shape index (κ3) is 2.20. The van der Waals surface area contributed by atoms with Crippen LogP contribution >= 0.6 is 0 Å². The van der Waals surface area contributed by atoms with Crippen LogP contribution in [0, 0.1) is 0 Å². The third-order valence-electron chi connectivity index (χ3n) is 4.49. The SMILES string of the molecule is COc1ccc(C2=C(C(=O)O)C3CCC(C2)N3C(=O)O)cc1. The Labute approximate surface area is 127 Å². The Kier molecular flexibility index (Phi) is 3.52. The molecule has 0 aromatic heterocycles. The second-order valence-corrected chi connectivity index (χ2v) is 5.57. The van der Waals surface area contributed by atoms with E-state index in [9.17, 15) is 19.8 Å². The van der Waals surface area contributed by atoms with Crippen molar-refractivity contribution in [1.82, 2.24) is 4.90 Å². The van der Waals surface area contributed by atoms with Gasteiger partial charge in [-0.25, -0.2) is 9.59 Å². The number of carbonyl (C=O) groups is 2. The number of aliphatic carboxylic acids is 1. The fourth-order valence-corrected chi connectivity index (χ4v) is 3.54. The molecule has 6 heteroatoms. The van der Waals surface area contributed by atoms with Crippen LogP contribution in [0.5, 0.6) is 5.75 Å². The monoisotopic (exact) mass is 303 g/mol. The van der Waals surface area contributed by atoms with Crippen LogP contribution in [0.4, 0.5) is 4.79 Å². The van der Waals surface area contributed by atoms with Crippen molar-refractivity contribution in [2.45, 2.75) is 31.3 Å². The highest BCUT2D eigenvalue weighted by Crippen LogP contribution is 2.43. The van der Waals surface area contributed by atoms with E-state index in [0.29, 0.717) is 25.0 Å². The zero-order valence-electron chi connectivity index (χ0n) is 12.2. The van der Waals surface area contributed by atoms with Crippen LogP contribution < -0.4 is 4.74 Å². The van der Waals surface area contributed by atoms with Gasteiger partial charge in [-0.1, -0.05) is 12.1 Å². The lowest BCUT2D eigenvalue weighted by Crippen LogP contribution is -2.45. The highest BCUT2D eigenvalue weighted by molar-refractivity contribution is 5.99. The van der Waals surface area contributed by atoms with Gasteiger partial charge >= 0.3 is 12.1 Å². The van der Waals surface area contributed by atoms with Gasteiger partial charge in [0, 0.05) is 6.04 Å². The van der Waals surface area contributed by atoms with E-state index in [1.54, 1.807) is 19.2 Å². The van der Waals surface area contributed by atoms with Crippen LogP contribution in [0.2, 0.25) is 0 Å². The van der Waals surface area contributed by atoms with Crippen LogP contribution in [-0.2, 0) is 4.79 Å². The van der Waals surface area contributed by atoms with E-state index in [-0.39, 0.29) is 11.6 Å². The number of ether oxygens (including phenoxy) is 1. The summed E-state index contributed by atoms with van der Waals surface area (Å²) in [5.74, 6) is -0.338. The topological polar surface area (TPSA) is 87.1 Å². The van der Waals surface area contributed by atoms with Crippen molar-refractivity contribution in [2.75, 3.05) is 7.11 Å². The Bertz CT molecular complexity index is 649. The number of benzene rings is 1. The maximum absolute atomic E-state index is 11.7. The molecule has 116 valence electrons. The number of carboxylic acid groups (broad SMARTS) is 2. The average molecular weight is 303 g/mol. The molecular weight excluding hydrogens is 286 g/mol. The predicted molar refractivity (Wildman–Crippen MR) is 78.8 cm³/mol. The first-order chi connectivity index (χ1) is 10.5. The van der Waals surface area contributed by atoms with Gasteiger partial charge in [0.2, 0.25) is 0 Å². The number of carboxylic acids is 1. The summed E-state index contributed by atoms with van der Waals surface area (Å²) in [6.45, 7) is 0. The predicted octanol–water partition coefficient (Wildman–Crippen LogP) is 2.45. The Morgan fingerprint density at radius 2 is 1.86 bits per heavy atom. The zero-order valence-corrected chi connectivity index (χ0v) is 12.2. The molecule has 1 aromatic carbocycles. The van der Waals surface area contributed by atoms with Gasteiger partial charge < -0.3 is 14.9 Å². The van der Waals surface area contributed by atoms with Crippen molar-refractivity contribution < 1.29 is 24.5 Å². The Morgan fingerprint density at radius 1 is 1.18 bits per heavy atom. The van der Waals surface area contributed by atoms with Gasteiger partial charge in [-0.2, -0.15) is 0 Å². The lowest BCUT2D eigenvalue weighted by molar-refractivity contribution is -0.133. The highest BCUT2D eigenvalue weighted by Gasteiger charge is 2.46. The quantitative estimate of drug-likeness (QED) is 0.895. The van der Waals surface area contributed by atoms with Gasteiger partial charge in [-0.15, -0.1) is 0 Å². The average Bonchev–Trinajstić information content (AvgIpc) is 2.81. The molecule has 0 radical (unpaired) electrons. The maximum Gasteiger partial charge on any atom is 0.408 e. The summed E-state index contributed by atoms with van der Waals surface area (Å²) in [6.07, 6.45) is 0.669. The van der Waals surface area contributed by atoms with Gasteiger partial charge in [0.25, 0.3) is 0 Å². The second kappa shape index (κ2) is 5.36. The Hall–Kier alpha value is -2.50. The number of fused-ring (bicyclic) bond motifs is 2. The van der Waals surface area contributed by atoms with Crippen molar-refractivity contribution in [2.24, 2.45) is 0 Å². The summed E-state index contributed by atoms with van der Waals surface area (Å²) in [5.41, 5.74) is 1.77. The minimum Gasteiger partial charge on any atom is -0.497 e. The molecule has 1 fully saturated rings. The molecule has 1 saturated heterocycles. The number of hydrogen-bond donors (Lipinski definition) is 2. The smallest absolute Gasteiger partial charge is 0.408 e. The summed E-state index contributed by atoms with van der Waals surface area (Å²) in [5, 5.41) is 18.9. The van der Waals surface area contributed by atoms with E-state index < -0.39 is 18.1 Å². The van der Waals surface area contributed by atoms with Crippen molar-refractivity contribution in [3.05, 3.63) is 35.4 Å². The molecule has 1 amide bonds. The van der Waals surface area contributed by atoms with E-state index in [1.807, 2.05) is 12.1 Å². The van der Waals surface area contributed by atoms with Crippen LogP contribution in [0.25, 0.3) is 5.57 Å². The Morgan fingerprint density at radius 3 is 2.41 bits per heavy atom. The first-order valence-corrected chi connectivity index (χ1v) is 7.15. The van der Waals surface area contributed by atoms with Gasteiger partial charge in [0.05, 0.1) is 18.7 Å². The van der Waals surface area contributed by atoms with Gasteiger partial charge in [0.1, 0.15) is 5.75 Å². The molecule has 2 atom stereocenters. The molecule has 2 aliphatic heterocycles. The van der Waals surface area contributed by atoms with Crippen molar-refractivity contribution in [3.8, 4) is 5.75 Å². The number of amides is 1. The summed E-state index contributed by atoms with van der Waals surface area (Å²) in [4.78, 5) is 24.4. The lowest BCUT2D eigenvalue weighted by Gasteiger charge is -2.34. The van der Waals surface area contributed by atoms with Gasteiger partial charge in [-0.05, 0) is 42.5 Å². The molecular formula is C16H17NO5. The van der Waals surface area contributed by atoms with Gasteiger partial charge in [0.15, 0.2) is 0 Å². The van der Waals surface area contributed by atoms with E-state index in [2.05, 4.69) is 0 Å². The van der Waals surface area contributed by atoms with Crippen LogP contribution in [0.1, 0.15) is 24.8 Å². The third-order valence-corrected chi connectivity index (χ3v) is 4.49. The normalized spacial score (nSPS) is 23.6. The van der Waals surface area contributed by atoms with E-state index >= 15 is 0 Å². The molecule has 2 unspecified atom stereocenters. The molecule has 2 heterocycles. The van der Waals surface area contributed by atoms with Crippen molar-refractivity contribution in [3.63, 3.8) is 0 Å². The van der Waals surface area contributed by atoms with E-state index in [0.717, 1.165) is 11.1 Å². The van der Waals surface area contributed by atoms with Crippen LogP contribution in [-0.4, -0.2) is 46.4 Å². The number of methoxy groups -OCH3 is 1. The number of nitrogens with zero attached hydrogens (tertiary/aromatic N) is 1. The number of hydrogen-bond acceptors (Lipinski definition) is 3. The second-order valence-electron chi connectivity index (χ2n) is 5.57. The lowest BCUT2D eigenvalue weighted by atomic mass is 9.88.